The second-order valence-electron chi connectivity index (χ2n) is 10.6. The Morgan fingerprint density at radius 2 is 1.83 bits per heavy atom. The fourth-order valence-corrected chi connectivity index (χ4v) is 5.32. The lowest BCUT2D eigenvalue weighted by atomic mass is 9.94. The number of hydrogen-bond donors (Lipinski definition) is 2. The molecule has 5 rings (SSSR count). The van der Waals surface area contributed by atoms with Gasteiger partial charge in [-0.1, -0.05) is 72.8 Å². The summed E-state index contributed by atoms with van der Waals surface area (Å²) in [6.07, 6.45) is 11.0. The normalized spacial score (nSPS) is 19.2. The molecule has 0 bridgehead atoms. The second-order valence-corrected chi connectivity index (χ2v) is 12.1. The molecule has 36 heavy (non-hydrogen) atoms. The summed E-state index contributed by atoms with van der Waals surface area (Å²) < 4.78 is 30.7. The van der Waals surface area contributed by atoms with Gasteiger partial charge in [-0.2, -0.15) is 5.10 Å². The lowest BCUT2D eigenvalue weighted by Crippen LogP contribution is -2.08. The number of halogens is 1. The number of fused-ring (bicyclic) bond motifs is 1. The maximum Gasteiger partial charge on any atom is 0.151 e. The van der Waals surface area contributed by atoms with Gasteiger partial charge in [-0.15, -0.1) is 0 Å². The van der Waals surface area contributed by atoms with Crippen LogP contribution < -0.4 is 5.32 Å². The van der Waals surface area contributed by atoms with Crippen molar-refractivity contribution in [2.24, 2.45) is 11.3 Å². The molecule has 3 aliphatic rings. The Labute approximate surface area is 218 Å². The first kappa shape index (κ1) is 30.2. The average Bonchev–Trinajstić information content (AvgIpc) is 3.65. The summed E-state index contributed by atoms with van der Waals surface area (Å²) in [6, 6.07) is 5.20. The third-order valence-corrected chi connectivity index (χ3v) is 7.63. The number of aromatic nitrogens is 2. The van der Waals surface area contributed by atoms with Crippen molar-refractivity contribution in [1.82, 2.24) is 10.2 Å². The summed E-state index contributed by atoms with van der Waals surface area (Å²) in [6.45, 7) is 12.1. The van der Waals surface area contributed by atoms with Gasteiger partial charge < -0.3 is 10.1 Å². The minimum atomic E-state index is -0.964. The molecule has 3 heterocycles. The number of ketones is 1. The van der Waals surface area contributed by atoms with Gasteiger partial charge in [0.15, 0.2) is 5.82 Å². The van der Waals surface area contributed by atoms with Crippen LogP contribution in [0.2, 0.25) is 0 Å². The van der Waals surface area contributed by atoms with Crippen molar-refractivity contribution >= 4 is 28.1 Å². The molecule has 0 radical (unpaired) electrons. The van der Waals surface area contributed by atoms with Gasteiger partial charge in [0.1, 0.15) is 11.6 Å². The molecule has 202 valence electrons. The first-order chi connectivity index (χ1) is 17.1. The third kappa shape index (κ3) is 10.5. The van der Waals surface area contributed by atoms with Gasteiger partial charge in [-0.25, -0.2) is 4.39 Å². The number of ether oxygens (including phenoxy) is 1. The first-order valence-corrected chi connectivity index (χ1v) is 14.6. The molecule has 0 spiro atoms. The number of nitrogens with zero attached hydrogens (tertiary/aromatic N) is 1. The molecule has 1 atom stereocenters. The summed E-state index contributed by atoms with van der Waals surface area (Å²) in [5.74, 6) is 1.65. The molecule has 1 aliphatic carbocycles. The number of anilines is 2. The highest BCUT2D eigenvalue weighted by Gasteiger charge is 2.23. The van der Waals surface area contributed by atoms with Crippen LogP contribution in [0.25, 0.3) is 0 Å². The zero-order valence-electron chi connectivity index (χ0n) is 22.6. The van der Waals surface area contributed by atoms with E-state index in [2.05, 4.69) is 29.4 Å². The fraction of sp³-hybridized carbons (Fsp3) is 0.643. The van der Waals surface area contributed by atoms with E-state index in [4.69, 9.17) is 4.74 Å². The van der Waals surface area contributed by atoms with Crippen molar-refractivity contribution in [2.45, 2.75) is 91.1 Å². The van der Waals surface area contributed by atoms with Crippen LogP contribution in [0.5, 0.6) is 0 Å². The number of hydrogen-bond acceptors (Lipinski definition) is 5. The molecule has 1 unspecified atom stereocenters. The summed E-state index contributed by atoms with van der Waals surface area (Å²) in [7, 11) is -0.964. The molecule has 1 aromatic carbocycles. The van der Waals surface area contributed by atoms with Gasteiger partial charge in [0.05, 0.1) is 24.2 Å². The molecule has 1 saturated heterocycles. The summed E-state index contributed by atoms with van der Waals surface area (Å²) in [5.41, 5.74) is 2.26. The Hall–Kier alpha value is -2.06. The van der Waals surface area contributed by atoms with Crippen LogP contribution in [0, 0.1) is 17.2 Å². The number of Topliss-reactive ketones (excluding diaryl/α,β-unsaturated/α-hetero) is 1. The van der Waals surface area contributed by atoms with Crippen LogP contribution in [0.4, 0.5) is 15.9 Å². The quantitative estimate of drug-likeness (QED) is 0.450. The minimum absolute atomic E-state index is 0.227. The highest BCUT2D eigenvalue weighted by molar-refractivity contribution is 7.83. The molecule has 1 aromatic heterocycles. The van der Waals surface area contributed by atoms with Crippen LogP contribution in [0.3, 0.4) is 0 Å². The summed E-state index contributed by atoms with van der Waals surface area (Å²) in [5, 5.41) is 9.38. The minimum Gasteiger partial charge on any atom is -0.381 e. The number of carbonyl (C=O) groups is 1. The van der Waals surface area contributed by atoms with Crippen LogP contribution in [-0.2, 0) is 31.8 Å². The van der Waals surface area contributed by atoms with E-state index < -0.39 is 10.8 Å². The molecule has 2 aliphatic heterocycles. The van der Waals surface area contributed by atoms with E-state index >= 15 is 0 Å². The number of carbonyl (C=O) groups excluding carboxylic acids is 1. The van der Waals surface area contributed by atoms with Crippen LogP contribution in [-0.4, -0.2) is 33.4 Å². The third-order valence-electron chi connectivity index (χ3n) is 6.39. The van der Waals surface area contributed by atoms with Crippen molar-refractivity contribution in [3.05, 3.63) is 41.3 Å². The molecule has 1 saturated carbocycles. The van der Waals surface area contributed by atoms with Gasteiger partial charge in [0.2, 0.25) is 0 Å². The van der Waals surface area contributed by atoms with Crippen molar-refractivity contribution in [3.63, 3.8) is 0 Å². The first-order valence-electron chi connectivity index (χ1n) is 13.1. The smallest absolute Gasteiger partial charge is 0.151 e. The monoisotopic (exact) mass is 521 g/mol. The molecule has 6 nitrogen and oxygen atoms in total. The SMILES string of the molecule is C1CCCC1.CC1(C)CCOC1.CCC(=O)C(C)C.O=S1Cc2ccc(Nc3ccn[nH]3)c(F)c2C1. The van der Waals surface area contributed by atoms with Gasteiger partial charge in [0, 0.05) is 47.1 Å². The van der Waals surface area contributed by atoms with Crippen LogP contribution in [0.15, 0.2) is 24.4 Å². The van der Waals surface area contributed by atoms with Gasteiger partial charge >= 0.3 is 0 Å². The zero-order valence-corrected chi connectivity index (χ0v) is 23.4. The predicted octanol–water partition coefficient (Wildman–Crippen LogP) is 7.06. The van der Waals surface area contributed by atoms with E-state index in [9.17, 15) is 13.4 Å². The topological polar surface area (TPSA) is 84.1 Å². The fourth-order valence-electron chi connectivity index (χ4n) is 3.97. The number of nitrogens with one attached hydrogen (secondary N) is 2. The molecule has 2 N–H and O–H groups in total. The van der Waals surface area contributed by atoms with Crippen molar-refractivity contribution in [2.75, 3.05) is 18.5 Å². The average molecular weight is 522 g/mol. The predicted molar refractivity (Wildman–Crippen MR) is 146 cm³/mol. The Bertz CT molecular complexity index is 942. The number of benzene rings is 1. The Morgan fingerprint density at radius 3 is 2.25 bits per heavy atom. The summed E-state index contributed by atoms with van der Waals surface area (Å²) in [4.78, 5) is 10.5. The van der Waals surface area contributed by atoms with Crippen molar-refractivity contribution < 1.29 is 18.1 Å². The molecule has 2 aromatic rings. The highest BCUT2D eigenvalue weighted by Crippen LogP contribution is 2.30. The van der Waals surface area contributed by atoms with Gasteiger partial charge in [0.25, 0.3) is 0 Å². The van der Waals surface area contributed by atoms with E-state index in [1.165, 1.54) is 38.5 Å². The Kier molecular flexibility index (Phi) is 12.8. The van der Waals surface area contributed by atoms with Gasteiger partial charge in [-0.3, -0.25) is 14.1 Å². The molecule has 0 amide bonds. The van der Waals surface area contributed by atoms with E-state index in [0.717, 1.165) is 18.8 Å². The molecular weight excluding hydrogens is 477 g/mol. The van der Waals surface area contributed by atoms with Gasteiger partial charge in [-0.05, 0) is 23.5 Å². The summed E-state index contributed by atoms with van der Waals surface area (Å²) >= 11 is 0. The van der Waals surface area contributed by atoms with Crippen molar-refractivity contribution in [1.29, 1.82) is 0 Å². The number of H-pyrrole nitrogens is 1. The maximum absolute atomic E-state index is 14.1. The molecule has 8 heteroatoms. The lowest BCUT2D eigenvalue weighted by molar-refractivity contribution is -0.121. The highest BCUT2D eigenvalue weighted by atomic mass is 32.2. The number of aromatic amines is 1. The largest absolute Gasteiger partial charge is 0.381 e. The van der Waals surface area contributed by atoms with Crippen LogP contribution in [0.1, 0.15) is 90.7 Å². The van der Waals surface area contributed by atoms with E-state index in [0.29, 0.717) is 46.2 Å². The standard InChI is InChI=1S/C11H10FN3OS.2C6H12O.C5H10/c12-11-8-6-17(16)5-7(8)1-2-9(11)14-10-3-4-13-15-10;1-6(2)3-4-7-5-6;1-4-6(7)5(2)3;1-2-4-5-3-1/h1-4H,5-6H2,(H2,13,14,15);3-5H2,1-2H3;5H,4H2,1-3H3;1-5H2. The van der Waals surface area contributed by atoms with E-state index in [-0.39, 0.29) is 11.7 Å². The van der Waals surface area contributed by atoms with E-state index in [1.807, 2.05) is 26.8 Å². The molecular formula is C28H44FN3O3S. The van der Waals surface area contributed by atoms with Crippen molar-refractivity contribution in [3.8, 4) is 0 Å². The molecule has 2 fully saturated rings. The zero-order chi connectivity index (χ0) is 26.6. The maximum atomic E-state index is 14.1. The Balaban J connectivity index is 0.000000199. The second kappa shape index (κ2) is 15.3. The van der Waals surface area contributed by atoms with E-state index in [1.54, 1.807) is 18.3 Å². The lowest BCUT2D eigenvalue weighted by Gasteiger charge is -2.11. The number of rotatable bonds is 4. The Morgan fingerprint density at radius 1 is 1.17 bits per heavy atom. The van der Waals surface area contributed by atoms with Crippen LogP contribution >= 0.6 is 0 Å².